The lowest BCUT2D eigenvalue weighted by Crippen LogP contribution is -2.41. The van der Waals surface area contributed by atoms with Crippen LogP contribution in [0.3, 0.4) is 0 Å². The smallest absolute Gasteiger partial charge is 0.235 e. The van der Waals surface area contributed by atoms with E-state index in [2.05, 4.69) is 0 Å². The minimum atomic E-state index is -2.99. The van der Waals surface area contributed by atoms with Gasteiger partial charge < -0.3 is 4.90 Å². The van der Waals surface area contributed by atoms with Gasteiger partial charge in [0, 0.05) is 18.0 Å². The number of nitrogens with zero attached hydrogens (tertiary/aromatic N) is 1. The molecular formula is C14H18ClNO3S2. The Bertz CT molecular complexity index is 633. The highest BCUT2D eigenvalue weighted by atomic mass is 35.5. The molecule has 1 aliphatic rings. The highest BCUT2D eigenvalue weighted by Crippen LogP contribution is 2.31. The van der Waals surface area contributed by atoms with Gasteiger partial charge in [-0.25, -0.2) is 8.42 Å². The maximum atomic E-state index is 12.4. The van der Waals surface area contributed by atoms with E-state index in [0.717, 1.165) is 4.90 Å². The van der Waals surface area contributed by atoms with Crippen molar-refractivity contribution in [3.05, 3.63) is 29.3 Å². The Morgan fingerprint density at radius 1 is 1.43 bits per heavy atom. The van der Waals surface area contributed by atoms with Crippen molar-refractivity contribution in [1.29, 1.82) is 0 Å². The molecule has 1 saturated heterocycles. The van der Waals surface area contributed by atoms with E-state index in [1.807, 2.05) is 25.1 Å². The fourth-order valence-corrected chi connectivity index (χ4v) is 5.36. The van der Waals surface area contributed by atoms with E-state index < -0.39 is 9.84 Å². The van der Waals surface area contributed by atoms with Crippen LogP contribution < -0.4 is 0 Å². The largest absolute Gasteiger partial charge is 0.341 e. The number of hydrogen-bond donors (Lipinski definition) is 0. The van der Waals surface area contributed by atoms with Gasteiger partial charge in [-0.3, -0.25) is 4.79 Å². The zero-order valence-electron chi connectivity index (χ0n) is 12.0. The SMILES string of the molecule is C[C@H](Sc1ccccc1Cl)C(=O)N(C)[C@@H]1CCS(=O)(=O)C1. The first-order valence-electron chi connectivity index (χ1n) is 6.68. The predicted molar refractivity (Wildman–Crippen MR) is 86.6 cm³/mol. The summed E-state index contributed by atoms with van der Waals surface area (Å²) in [6, 6.07) is 7.16. The number of halogens is 1. The molecule has 0 aliphatic carbocycles. The van der Waals surface area contributed by atoms with Crippen molar-refractivity contribution in [3.8, 4) is 0 Å². The van der Waals surface area contributed by atoms with Gasteiger partial charge in [0.05, 0.1) is 21.8 Å². The minimum Gasteiger partial charge on any atom is -0.341 e. The van der Waals surface area contributed by atoms with Crippen LogP contribution in [0.15, 0.2) is 29.2 Å². The van der Waals surface area contributed by atoms with Gasteiger partial charge in [0.2, 0.25) is 5.91 Å². The minimum absolute atomic E-state index is 0.0676. The lowest BCUT2D eigenvalue weighted by atomic mass is 10.2. The predicted octanol–water partition coefficient (Wildman–Crippen LogP) is 2.47. The molecule has 0 radical (unpaired) electrons. The molecule has 21 heavy (non-hydrogen) atoms. The van der Waals surface area contributed by atoms with E-state index in [1.54, 1.807) is 18.0 Å². The van der Waals surface area contributed by atoms with E-state index >= 15 is 0 Å². The van der Waals surface area contributed by atoms with Crippen molar-refractivity contribution in [2.75, 3.05) is 18.6 Å². The third-order valence-electron chi connectivity index (χ3n) is 3.59. The molecule has 0 N–H and O–H groups in total. The van der Waals surface area contributed by atoms with Gasteiger partial charge in [-0.05, 0) is 25.5 Å². The highest BCUT2D eigenvalue weighted by molar-refractivity contribution is 8.00. The fraction of sp³-hybridized carbons (Fsp3) is 0.500. The van der Waals surface area contributed by atoms with Crippen LogP contribution in [0, 0.1) is 0 Å². The second-order valence-electron chi connectivity index (χ2n) is 5.20. The number of rotatable bonds is 4. The fourth-order valence-electron chi connectivity index (χ4n) is 2.33. The molecule has 7 heteroatoms. The first-order valence-corrected chi connectivity index (χ1v) is 9.76. The Hall–Kier alpha value is -0.720. The molecule has 1 heterocycles. The molecule has 0 unspecified atom stereocenters. The van der Waals surface area contributed by atoms with Crippen LogP contribution in [0.5, 0.6) is 0 Å². The number of hydrogen-bond acceptors (Lipinski definition) is 4. The van der Waals surface area contributed by atoms with Crippen molar-refractivity contribution in [2.45, 2.75) is 29.5 Å². The first-order chi connectivity index (χ1) is 9.80. The molecule has 0 bridgehead atoms. The number of thioether (sulfide) groups is 1. The Kier molecular flexibility index (Phi) is 5.22. The molecule has 2 atom stereocenters. The molecule has 1 aromatic carbocycles. The summed E-state index contributed by atoms with van der Waals surface area (Å²) in [6.45, 7) is 1.82. The van der Waals surface area contributed by atoms with Crippen LogP contribution in [0.25, 0.3) is 0 Å². The normalized spacial score (nSPS) is 22.0. The van der Waals surface area contributed by atoms with E-state index in [0.29, 0.717) is 11.4 Å². The van der Waals surface area contributed by atoms with Crippen molar-refractivity contribution in [1.82, 2.24) is 4.90 Å². The Morgan fingerprint density at radius 3 is 2.67 bits per heavy atom. The van der Waals surface area contributed by atoms with E-state index in [1.165, 1.54) is 11.8 Å². The van der Waals surface area contributed by atoms with Crippen LogP contribution in [-0.2, 0) is 14.6 Å². The van der Waals surface area contributed by atoms with Crippen LogP contribution >= 0.6 is 23.4 Å². The summed E-state index contributed by atoms with van der Waals surface area (Å²) in [5.41, 5.74) is 0. The number of benzene rings is 1. The molecule has 2 rings (SSSR count). The summed E-state index contributed by atoms with van der Waals surface area (Å²) in [5, 5.41) is 0.312. The maximum Gasteiger partial charge on any atom is 0.235 e. The monoisotopic (exact) mass is 347 g/mol. The number of carbonyl (C=O) groups is 1. The van der Waals surface area contributed by atoms with Crippen molar-refractivity contribution in [3.63, 3.8) is 0 Å². The first kappa shape index (κ1) is 16.6. The van der Waals surface area contributed by atoms with Gasteiger partial charge in [-0.2, -0.15) is 0 Å². The summed E-state index contributed by atoms with van der Waals surface area (Å²) in [6.07, 6.45) is 0.522. The van der Waals surface area contributed by atoms with Gasteiger partial charge in [0.15, 0.2) is 9.84 Å². The quantitative estimate of drug-likeness (QED) is 0.785. The van der Waals surface area contributed by atoms with Crippen molar-refractivity contribution in [2.24, 2.45) is 0 Å². The zero-order chi connectivity index (χ0) is 15.6. The summed E-state index contributed by atoms with van der Waals surface area (Å²) >= 11 is 7.48. The summed E-state index contributed by atoms with van der Waals surface area (Å²) in [4.78, 5) is 14.8. The average Bonchev–Trinajstić information content (AvgIpc) is 2.80. The topological polar surface area (TPSA) is 54.5 Å². The van der Waals surface area contributed by atoms with Gasteiger partial charge in [-0.1, -0.05) is 23.7 Å². The third-order valence-corrected chi connectivity index (χ3v) is 6.95. The molecule has 1 aliphatic heterocycles. The molecule has 0 saturated carbocycles. The molecule has 4 nitrogen and oxygen atoms in total. The maximum absolute atomic E-state index is 12.4. The standard InChI is InChI=1S/C14H18ClNO3S2/c1-10(20-13-6-4-3-5-12(13)15)14(17)16(2)11-7-8-21(18,19)9-11/h3-6,10-11H,7-9H2,1-2H3/t10-,11+/m0/s1. The molecule has 116 valence electrons. The number of sulfone groups is 1. The third kappa shape index (κ3) is 4.14. The van der Waals surface area contributed by atoms with Gasteiger partial charge in [0.25, 0.3) is 0 Å². The van der Waals surface area contributed by atoms with Gasteiger partial charge in [-0.15, -0.1) is 11.8 Å². The Morgan fingerprint density at radius 2 is 2.10 bits per heavy atom. The van der Waals surface area contributed by atoms with Gasteiger partial charge in [0.1, 0.15) is 0 Å². The summed E-state index contributed by atoms with van der Waals surface area (Å²) < 4.78 is 23.0. The molecule has 1 aromatic rings. The van der Waals surface area contributed by atoms with E-state index in [9.17, 15) is 13.2 Å². The molecule has 0 spiro atoms. The second kappa shape index (κ2) is 6.58. The molecule has 1 amide bonds. The van der Waals surface area contributed by atoms with Crippen molar-refractivity contribution >= 4 is 39.1 Å². The Balaban J connectivity index is 2.01. The van der Waals surface area contributed by atoms with Crippen LogP contribution in [0.2, 0.25) is 5.02 Å². The van der Waals surface area contributed by atoms with Crippen LogP contribution in [0.4, 0.5) is 0 Å². The molecule has 0 aromatic heterocycles. The average molecular weight is 348 g/mol. The zero-order valence-corrected chi connectivity index (χ0v) is 14.3. The second-order valence-corrected chi connectivity index (χ2v) is 9.22. The summed E-state index contributed by atoms with van der Waals surface area (Å²) in [7, 11) is -1.31. The lowest BCUT2D eigenvalue weighted by Gasteiger charge is -2.26. The van der Waals surface area contributed by atoms with E-state index in [-0.39, 0.29) is 28.7 Å². The summed E-state index contributed by atoms with van der Waals surface area (Å²) in [5.74, 6) is 0.169. The van der Waals surface area contributed by atoms with E-state index in [4.69, 9.17) is 11.6 Å². The van der Waals surface area contributed by atoms with Gasteiger partial charge >= 0.3 is 0 Å². The van der Waals surface area contributed by atoms with Crippen LogP contribution in [0.1, 0.15) is 13.3 Å². The number of amides is 1. The lowest BCUT2D eigenvalue weighted by molar-refractivity contribution is -0.130. The number of carbonyl (C=O) groups excluding carboxylic acids is 1. The highest BCUT2D eigenvalue weighted by Gasteiger charge is 2.34. The molecule has 1 fully saturated rings. The van der Waals surface area contributed by atoms with Crippen molar-refractivity contribution < 1.29 is 13.2 Å². The van der Waals surface area contributed by atoms with Crippen LogP contribution in [-0.4, -0.2) is 49.1 Å². The molecular weight excluding hydrogens is 330 g/mol. The Labute approximate surface area is 134 Å².